The van der Waals surface area contributed by atoms with Gasteiger partial charge in [0.15, 0.2) is 0 Å². The van der Waals surface area contributed by atoms with Crippen LogP contribution in [0.4, 0.5) is 0 Å². The summed E-state index contributed by atoms with van der Waals surface area (Å²) in [5, 5.41) is 9.36. The molecule has 1 heterocycles. The van der Waals surface area contributed by atoms with Crippen LogP contribution in [0.5, 0.6) is 0 Å². The van der Waals surface area contributed by atoms with Gasteiger partial charge >= 0.3 is 0 Å². The first-order chi connectivity index (χ1) is 6.26. The molecule has 1 N–H and O–H groups in total. The van der Waals surface area contributed by atoms with Crippen LogP contribution in [0.2, 0.25) is 0 Å². The summed E-state index contributed by atoms with van der Waals surface area (Å²) in [5.74, 6) is 0. The molecule has 2 aliphatic rings. The average Bonchev–Trinajstić information content (AvgIpc) is 2.44. The second-order valence-electron chi connectivity index (χ2n) is 4.99. The Balaban J connectivity index is 1.88. The van der Waals surface area contributed by atoms with E-state index in [0.717, 1.165) is 6.04 Å². The zero-order chi connectivity index (χ0) is 9.31. The van der Waals surface area contributed by atoms with Gasteiger partial charge in [-0.05, 0) is 51.1 Å². The highest BCUT2D eigenvalue weighted by Crippen LogP contribution is 2.45. The van der Waals surface area contributed by atoms with Crippen molar-refractivity contribution in [2.24, 2.45) is 5.41 Å². The van der Waals surface area contributed by atoms with Gasteiger partial charge in [0.25, 0.3) is 0 Å². The molecule has 1 saturated carbocycles. The normalized spacial score (nSPS) is 33.2. The Morgan fingerprint density at radius 2 is 2.15 bits per heavy atom. The monoisotopic (exact) mass is 183 g/mol. The predicted octanol–water partition coefficient (Wildman–Crippen LogP) is 1.63. The second-order valence-corrected chi connectivity index (χ2v) is 4.99. The van der Waals surface area contributed by atoms with Crippen molar-refractivity contribution in [3.63, 3.8) is 0 Å². The maximum atomic E-state index is 9.36. The van der Waals surface area contributed by atoms with Crippen LogP contribution in [0.3, 0.4) is 0 Å². The molecule has 76 valence electrons. The summed E-state index contributed by atoms with van der Waals surface area (Å²) in [7, 11) is 2.22. The highest BCUT2D eigenvalue weighted by atomic mass is 16.3. The third kappa shape index (κ3) is 1.75. The molecule has 13 heavy (non-hydrogen) atoms. The Hall–Kier alpha value is -0.0800. The fourth-order valence-electron chi connectivity index (χ4n) is 2.84. The van der Waals surface area contributed by atoms with Crippen molar-refractivity contribution in [1.29, 1.82) is 0 Å². The van der Waals surface area contributed by atoms with Crippen molar-refractivity contribution in [3.05, 3.63) is 0 Å². The van der Waals surface area contributed by atoms with Crippen molar-refractivity contribution in [3.8, 4) is 0 Å². The molecule has 0 radical (unpaired) electrons. The smallest absolute Gasteiger partial charge is 0.0488 e. The van der Waals surface area contributed by atoms with Crippen LogP contribution in [0, 0.1) is 5.41 Å². The first-order valence-electron chi connectivity index (χ1n) is 5.57. The zero-order valence-electron chi connectivity index (χ0n) is 8.63. The lowest BCUT2D eigenvalue weighted by atomic mass is 9.65. The third-order valence-corrected chi connectivity index (χ3v) is 4.09. The molecule has 1 saturated heterocycles. The standard InChI is InChI=1S/C11H21NO/c1-12-7-2-4-10(12)8-11(9-13)5-3-6-11/h10,13H,2-9H2,1H3. The van der Waals surface area contributed by atoms with Gasteiger partial charge in [0.05, 0.1) is 0 Å². The fraction of sp³-hybridized carbons (Fsp3) is 1.00. The van der Waals surface area contributed by atoms with Gasteiger partial charge in [-0.1, -0.05) is 6.42 Å². The molecule has 0 aromatic heterocycles. The van der Waals surface area contributed by atoms with Gasteiger partial charge in [0.2, 0.25) is 0 Å². The summed E-state index contributed by atoms with van der Waals surface area (Å²) < 4.78 is 0. The highest BCUT2D eigenvalue weighted by Gasteiger charge is 2.39. The van der Waals surface area contributed by atoms with E-state index in [9.17, 15) is 5.11 Å². The molecular formula is C11H21NO. The molecule has 1 aliphatic carbocycles. The van der Waals surface area contributed by atoms with E-state index in [1.807, 2.05) is 0 Å². The van der Waals surface area contributed by atoms with Crippen molar-refractivity contribution >= 4 is 0 Å². The molecule has 2 fully saturated rings. The maximum Gasteiger partial charge on any atom is 0.0488 e. The Labute approximate surface area is 80.9 Å². The minimum Gasteiger partial charge on any atom is -0.396 e. The molecule has 0 spiro atoms. The summed E-state index contributed by atoms with van der Waals surface area (Å²) in [6, 6.07) is 0.757. The van der Waals surface area contributed by atoms with Crippen LogP contribution in [0.15, 0.2) is 0 Å². The molecule has 2 rings (SSSR count). The van der Waals surface area contributed by atoms with Gasteiger partial charge in [-0.15, -0.1) is 0 Å². The molecule has 0 aromatic rings. The van der Waals surface area contributed by atoms with Crippen LogP contribution in [-0.4, -0.2) is 36.2 Å². The summed E-state index contributed by atoms with van der Waals surface area (Å²) >= 11 is 0. The average molecular weight is 183 g/mol. The van der Waals surface area contributed by atoms with E-state index >= 15 is 0 Å². The van der Waals surface area contributed by atoms with Crippen molar-refractivity contribution < 1.29 is 5.11 Å². The maximum absolute atomic E-state index is 9.36. The van der Waals surface area contributed by atoms with Crippen LogP contribution < -0.4 is 0 Å². The number of aliphatic hydroxyl groups is 1. The summed E-state index contributed by atoms with van der Waals surface area (Å²) in [6.45, 7) is 1.67. The summed E-state index contributed by atoms with van der Waals surface area (Å²) in [6.07, 6.45) is 7.78. The summed E-state index contributed by atoms with van der Waals surface area (Å²) in [4.78, 5) is 2.47. The lowest BCUT2D eigenvalue weighted by molar-refractivity contribution is 0.0162. The van der Waals surface area contributed by atoms with E-state index in [2.05, 4.69) is 11.9 Å². The van der Waals surface area contributed by atoms with E-state index in [-0.39, 0.29) is 0 Å². The largest absolute Gasteiger partial charge is 0.396 e. The molecule has 1 aliphatic heterocycles. The van der Waals surface area contributed by atoms with E-state index in [1.54, 1.807) is 0 Å². The minimum atomic E-state index is 0.323. The van der Waals surface area contributed by atoms with Crippen LogP contribution in [0.25, 0.3) is 0 Å². The molecule has 0 bridgehead atoms. The van der Waals surface area contributed by atoms with E-state index < -0.39 is 0 Å². The third-order valence-electron chi connectivity index (χ3n) is 4.09. The first kappa shape index (κ1) is 9.47. The molecular weight excluding hydrogens is 162 g/mol. The number of likely N-dealkylation sites (tertiary alicyclic amines) is 1. The number of nitrogens with zero attached hydrogens (tertiary/aromatic N) is 1. The number of hydrogen-bond acceptors (Lipinski definition) is 2. The Morgan fingerprint density at radius 3 is 2.54 bits per heavy atom. The van der Waals surface area contributed by atoms with Crippen LogP contribution in [0.1, 0.15) is 38.5 Å². The minimum absolute atomic E-state index is 0.323. The Bertz CT molecular complexity index is 171. The topological polar surface area (TPSA) is 23.5 Å². The number of rotatable bonds is 3. The lowest BCUT2D eigenvalue weighted by Gasteiger charge is -2.43. The van der Waals surface area contributed by atoms with Crippen molar-refractivity contribution in [1.82, 2.24) is 4.90 Å². The highest BCUT2D eigenvalue weighted by molar-refractivity contribution is 4.92. The molecule has 2 nitrogen and oxygen atoms in total. The fourth-order valence-corrected chi connectivity index (χ4v) is 2.84. The lowest BCUT2D eigenvalue weighted by Crippen LogP contribution is -2.40. The Morgan fingerprint density at radius 1 is 1.38 bits per heavy atom. The molecule has 1 atom stereocenters. The van der Waals surface area contributed by atoms with E-state index in [0.29, 0.717) is 12.0 Å². The van der Waals surface area contributed by atoms with Gasteiger partial charge < -0.3 is 10.0 Å². The molecule has 2 heteroatoms. The zero-order valence-corrected chi connectivity index (χ0v) is 8.63. The number of hydrogen-bond donors (Lipinski definition) is 1. The molecule has 1 unspecified atom stereocenters. The number of aliphatic hydroxyl groups excluding tert-OH is 1. The SMILES string of the molecule is CN1CCCC1CC1(CO)CCC1. The quantitative estimate of drug-likeness (QED) is 0.719. The van der Waals surface area contributed by atoms with Gasteiger partial charge in [-0.25, -0.2) is 0 Å². The van der Waals surface area contributed by atoms with Crippen LogP contribution >= 0.6 is 0 Å². The van der Waals surface area contributed by atoms with Crippen LogP contribution in [-0.2, 0) is 0 Å². The van der Waals surface area contributed by atoms with Gasteiger partial charge in [-0.2, -0.15) is 0 Å². The van der Waals surface area contributed by atoms with Crippen molar-refractivity contribution in [2.75, 3.05) is 20.2 Å². The van der Waals surface area contributed by atoms with Crippen molar-refractivity contribution in [2.45, 2.75) is 44.6 Å². The van der Waals surface area contributed by atoms with Gasteiger partial charge in [0.1, 0.15) is 0 Å². The second kappa shape index (κ2) is 3.58. The predicted molar refractivity (Wildman–Crippen MR) is 53.6 cm³/mol. The van der Waals surface area contributed by atoms with E-state index in [1.165, 1.54) is 45.1 Å². The van der Waals surface area contributed by atoms with Gasteiger partial charge in [-0.3, -0.25) is 0 Å². The Kier molecular flexibility index (Phi) is 2.61. The molecule has 0 amide bonds. The summed E-state index contributed by atoms with van der Waals surface area (Å²) in [5.41, 5.74) is 0.323. The first-order valence-corrected chi connectivity index (χ1v) is 5.57. The molecule has 0 aromatic carbocycles. The van der Waals surface area contributed by atoms with E-state index in [4.69, 9.17) is 0 Å². The van der Waals surface area contributed by atoms with Gasteiger partial charge in [0, 0.05) is 12.6 Å².